The van der Waals surface area contributed by atoms with Gasteiger partial charge in [0, 0.05) is 0 Å². The first-order chi connectivity index (χ1) is 7.81. The zero-order valence-corrected chi connectivity index (χ0v) is 10.7. The van der Waals surface area contributed by atoms with Crippen LogP contribution in [0.5, 0.6) is 0 Å². The van der Waals surface area contributed by atoms with E-state index in [2.05, 4.69) is 30.5 Å². The van der Waals surface area contributed by atoms with E-state index in [9.17, 15) is 0 Å². The summed E-state index contributed by atoms with van der Waals surface area (Å²) in [5.74, 6) is 1.82. The monoisotopic (exact) mass is 222 g/mol. The van der Waals surface area contributed by atoms with Crippen molar-refractivity contribution in [1.82, 2.24) is 5.32 Å². The normalized spacial score (nSPS) is 25.3. The van der Waals surface area contributed by atoms with E-state index in [0.29, 0.717) is 0 Å². The van der Waals surface area contributed by atoms with Gasteiger partial charge in [0.15, 0.2) is 0 Å². The lowest BCUT2D eigenvalue weighted by molar-refractivity contribution is 0.670. The molecular formula is C14H26N2. The van der Waals surface area contributed by atoms with Gasteiger partial charge >= 0.3 is 0 Å². The average Bonchev–Trinajstić information content (AvgIpc) is 3.04. The average molecular weight is 222 g/mol. The van der Waals surface area contributed by atoms with Crippen LogP contribution in [0.25, 0.3) is 0 Å². The quantitative estimate of drug-likeness (QED) is 0.701. The molecule has 2 atom stereocenters. The van der Waals surface area contributed by atoms with Gasteiger partial charge in [-0.15, -0.1) is 0 Å². The molecule has 2 rings (SSSR count). The van der Waals surface area contributed by atoms with E-state index < -0.39 is 0 Å². The predicted molar refractivity (Wildman–Crippen MR) is 71.3 cm³/mol. The lowest BCUT2D eigenvalue weighted by Gasteiger charge is -2.06. The lowest BCUT2D eigenvalue weighted by atomic mass is 10.0. The van der Waals surface area contributed by atoms with Crippen molar-refractivity contribution < 1.29 is 0 Å². The largest absolute Gasteiger partial charge is 0.331 e. The molecule has 2 nitrogen and oxygen atoms in total. The lowest BCUT2D eigenvalue weighted by Crippen LogP contribution is -2.16. The molecule has 92 valence electrons. The number of hydrogen-bond acceptors (Lipinski definition) is 2. The van der Waals surface area contributed by atoms with Gasteiger partial charge in [0.25, 0.3) is 0 Å². The van der Waals surface area contributed by atoms with Gasteiger partial charge in [-0.2, -0.15) is 0 Å². The molecule has 0 bridgehead atoms. The number of fused-ring (bicyclic) bond motifs is 1. The van der Waals surface area contributed by atoms with Crippen molar-refractivity contribution in [3.63, 3.8) is 0 Å². The van der Waals surface area contributed by atoms with Gasteiger partial charge < -0.3 is 11.1 Å². The summed E-state index contributed by atoms with van der Waals surface area (Å²) >= 11 is 0. The van der Waals surface area contributed by atoms with Crippen molar-refractivity contribution in [3.8, 4) is 0 Å². The Bertz CT molecular complexity index is 243. The predicted octanol–water partition coefficient (Wildman–Crippen LogP) is 2.47. The van der Waals surface area contributed by atoms with Crippen molar-refractivity contribution >= 4 is 0 Å². The topological polar surface area (TPSA) is 38.0 Å². The van der Waals surface area contributed by atoms with E-state index >= 15 is 0 Å². The molecule has 3 N–H and O–H groups in total. The smallest absolute Gasteiger partial charge is 0.000847 e. The summed E-state index contributed by atoms with van der Waals surface area (Å²) in [6.45, 7) is 7.16. The number of nitrogens with one attached hydrogen (secondary N) is 1. The Hall–Kier alpha value is -0.600. The molecule has 0 heterocycles. The first kappa shape index (κ1) is 13.5. The van der Waals surface area contributed by atoms with E-state index in [4.69, 9.17) is 5.73 Å². The Morgan fingerprint density at radius 2 is 2.06 bits per heavy atom. The Kier molecular flexibility index (Phi) is 6.43. The molecule has 0 aromatic rings. The minimum absolute atomic E-state index is 0.750. The van der Waals surface area contributed by atoms with Gasteiger partial charge in [0.1, 0.15) is 0 Å². The highest BCUT2D eigenvalue weighted by Crippen LogP contribution is 2.44. The Morgan fingerprint density at radius 1 is 1.31 bits per heavy atom. The van der Waals surface area contributed by atoms with Crippen LogP contribution < -0.4 is 11.1 Å². The SMILES string of the molecule is CCCNCCC1=CC2CC2C=C1.CCN. The van der Waals surface area contributed by atoms with Crippen molar-refractivity contribution in [2.75, 3.05) is 19.6 Å². The fourth-order valence-electron chi connectivity index (χ4n) is 1.93. The number of nitrogens with two attached hydrogens (primary N) is 1. The Morgan fingerprint density at radius 3 is 2.69 bits per heavy atom. The number of rotatable bonds is 5. The minimum atomic E-state index is 0.750. The van der Waals surface area contributed by atoms with Crippen molar-refractivity contribution in [3.05, 3.63) is 23.8 Å². The van der Waals surface area contributed by atoms with E-state index in [1.807, 2.05) is 6.92 Å². The van der Waals surface area contributed by atoms with E-state index in [1.54, 1.807) is 5.57 Å². The maximum atomic E-state index is 4.85. The van der Waals surface area contributed by atoms with Crippen molar-refractivity contribution in [1.29, 1.82) is 0 Å². The second kappa shape index (κ2) is 7.64. The molecule has 2 heteroatoms. The molecule has 0 aromatic carbocycles. The summed E-state index contributed by atoms with van der Waals surface area (Å²) in [5, 5.41) is 3.44. The third-order valence-corrected chi connectivity index (χ3v) is 2.89. The summed E-state index contributed by atoms with van der Waals surface area (Å²) in [4.78, 5) is 0. The molecule has 16 heavy (non-hydrogen) atoms. The highest BCUT2D eigenvalue weighted by Gasteiger charge is 2.34. The molecular weight excluding hydrogens is 196 g/mol. The van der Waals surface area contributed by atoms with Crippen LogP contribution in [0.3, 0.4) is 0 Å². The third-order valence-electron chi connectivity index (χ3n) is 2.89. The van der Waals surface area contributed by atoms with Crippen molar-refractivity contribution in [2.45, 2.75) is 33.1 Å². The standard InChI is InChI=1S/C12H19N.C2H7N/c1-2-6-13-7-5-10-3-4-11-9-12(11)8-10;1-2-3/h3-4,8,11-13H,2,5-7,9H2,1H3;2-3H2,1H3. The molecule has 0 aliphatic heterocycles. The summed E-state index contributed by atoms with van der Waals surface area (Å²) in [7, 11) is 0. The van der Waals surface area contributed by atoms with Gasteiger partial charge in [-0.25, -0.2) is 0 Å². The summed E-state index contributed by atoms with van der Waals surface area (Å²) in [6.07, 6.45) is 11.0. The summed E-state index contributed by atoms with van der Waals surface area (Å²) < 4.78 is 0. The van der Waals surface area contributed by atoms with Gasteiger partial charge in [-0.1, -0.05) is 37.6 Å². The molecule has 2 aliphatic carbocycles. The first-order valence-electron chi connectivity index (χ1n) is 6.61. The van der Waals surface area contributed by atoms with Crippen LogP contribution in [-0.4, -0.2) is 19.6 Å². The minimum Gasteiger partial charge on any atom is -0.331 e. The third kappa shape index (κ3) is 4.95. The van der Waals surface area contributed by atoms with Gasteiger partial charge in [-0.3, -0.25) is 0 Å². The second-order valence-electron chi connectivity index (χ2n) is 4.57. The van der Waals surface area contributed by atoms with Crippen molar-refractivity contribution in [2.24, 2.45) is 17.6 Å². The highest BCUT2D eigenvalue weighted by molar-refractivity contribution is 5.30. The van der Waals surface area contributed by atoms with Crippen LogP contribution in [0.15, 0.2) is 23.8 Å². The van der Waals surface area contributed by atoms with Crippen LogP contribution in [0.4, 0.5) is 0 Å². The van der Waals surface area contributed by atoms with Crippen LogP contribution in [-0.2, 0) is 0 Å². The fraction of sp³-hybridized carbons (Fsp3) is 0.714. The maximum absolute atomic E-state index is 4.85. The van der Waals surface area contributed by atoms with Crippen LogP contribution in [0.1, 0.15) is 33.1 Å². The Labute approximate surface area is 100.0 Å². The molecule has 1 saturated carbocycles. The molecule has 0 amide bonds. The van der Waals surface area contributed by atoms with E-state index in [1.165, 1.54) is 19.3 Å². The molecule has 2 aliphatic rings. The zero-order chi connectivity index (χ0) is 11.8. The van der Waals surface area contributed by atoms with Gasteiger partial charge in [-0.05, 0) is 50.7 Å². The maximum Gasteiger partial charge on any atom is -0.000847 e. The van der Waals surface area contributed by atoms with Crippen LogP contribution in [0, 0.1) is 11.8 Å². The summed E-state index contributed by atoms with van der Waals surface area (Å²) in [5.41, 5.74) is 6.39. The highest BCUT2D eigenvalue weighted by atomic mass is 14.8. The van der Waals surface area contributed by atoms with E-state index in [0.717, 1.165) is 31.5 Å². The molecule has 0 saturated heterocycles. The van der Waals surface area contributed by atoms with Gasteiger partial charge in [0.2, 0.25) is 0 Å². The number of allylic oxidation sites excluding steroid dienone is 3. The summed E-state index contributed by atoms with van der Waals surface area (Å²) in [6, 6.07) is 0. The first-order valence-corrected chi connectivity index (χ1v) is 6.61. The van der Waals surface area contributed by atoms with Crippen LogP contribution in [0.2, 0.25) is 0 Å². The second-order valence-corrected chi connectivity index (χ2v) is 4.57. The van der Waals surface area contributed by atoms with E-state index in [-0.39, 0.29) is 0 Å². The number of hydrogen-bond donors (Lipinski definition) is 2. The Balaban J connectivity index is 0.000000386. The van der Waals surface area contributed by atoms with Crippen LogP contribution >= 0.6 is 0 Å². The molecule has 1 fully saturated rings. The molecule has 0 radical (unpaired) electrons. The molecule has 2 unspecified atom stereocenters. The zero-order valence-electron chi connectivity index (χ0n) is 10.7. The van der Waals surface area contributed by atoms with Gasteiger partial charge in [0.05, 0.1) is 0 Å². The fourth-order valence-corrected chi connectivity index (χ4v) is 1.93. The molecule has 0 spiro atoms. The molecule has 0 aromatic heterocycles.